The fourth-order valence-electron chi connectivity index (χ4n) is 1.20. The molecule has 15 heavy (non-hydrogen) atoms. The van der Waals surface area contributed by atoms with E-state index in [1.165, 1.54) is 5.56 Å². The van der Waals surface area contributed by atoms with Crippen LogP contribution in [0, 0.1) is 0 Å². The molecular weight excluding hydrogens is 188 g/mol. The maximum atomic E-state index is 11.2. The Kier molecular flexibility index (Phi) is 4.41. The van der Waals surface area contributed by atoms with E-state index in [2.05, 4.69) is 17.2 Å². The summed E-state index contributed by atoms with van der Waals surface area (Å²) in [7, 11) is 0. The molecule has 0 aliphatic carbocycles. The molecule has 0 saturated heterocycles. The average molecular weight is 204 g/mol. The third kappa shape index (κ3) is 4.86. The molecule has 3 heteroatoms. The van der Waals surface area contributed by atoms with E-state index in [4.69, 9.17) is 0 Å². The molecule has 1 rings (SSSR count). The van der Waals surface area contributed by atoms with Crippen LogP contribution in [0.25, 0.3) is 0 Å². The van der Waals surface area contributed by atoms with Crippen LogP contribution >= 0.6 is 0 Å². The molecule has 0 radical (unpaired) electrons. The van der Waals surface area contributed by atoms with Crippen molar-refractivity contribution in [3.63, 3.8) is 0 Å². The maximum Gasteiger partial charge on any atom is 0.318 e. The zero-order valence-corrected chi connectivity index (χ0v) is 8.92. The van der Waals surface area contributed by atoms with Gasteiger partial charge in [-0.05, 0) is 18.9 Å². The number of rotatable bonds is 4. The third-order valence-electron chi connectivity index (χ3n) is 1.87. The minimum Gasteiger partial charge on any atom is -0.338 e. The van der Waals surface area contributed by atoms with Crippen molar-refractivity contribution in [3.05, 3.63) is 48.2 Å². The topological polar surface area (TPSA) is 41.1 Å². The number of amides is 2. The lowest BCUT2D eigenvalue weighted by Crippen LogP contribution is -2.35. The minimum absolute atomic E-state index is 0.196. The number of carbonyl (C=O) groups is 1. The first-order valence-corrected chi connectivity index (χ1v) is 4.93. The monoisotopic (exact) mass is 204 g/mol. The summed E-state index contributed by atoms with van der Waals surface area (Å²) in [4.78, 5) is 11.2. The molecule has 3 nitrogen and oxygen atoms in total. The first-order chi connectivity index (χ1) is 7.18. The maximum absolute atomic E-state index is 11.2. The molecule has 0 saturated carbocycles. The summed E-state index contributed by atoms with van der Waals surface area (Å²) in [5, 5.41) is 5.34. The standard InChI is InChI=1S/C12H16N2O/c1-10(2)14-12(15)13-9-8-11-6-4-3-5-7-11/h3-7H,1,8-9H2,2H3,(H2,13,14,15). The van der Waals surface area contributed by atoms with Gasteiger partial charge in [-0.15, -0.1) is 0 Å². The van der Waals surface area contributed by atoms with Gasteiger partial charge in [0.2, 0.25) is 0 Å². The van der Waals surface area contributed by atoms with Crippen LogP contribution in [0.1, 0.15) is 12.5 Å². The smallest absolute Gasteiger partial charge is 0.318 e. The second kappa shape index (κ2) is 5.86. The molecule has 0 atom stereocenters. The van der Waals surface area contributed by atoms with Crippen molar-refractivity contribution in [1.82, 2.24) is 10.6 Å². The summed E-state index contributed by atoms with van der Waals surface area (Å²) in [5.41, 5.74) is 1.86. The number of hydrogen-bond donors (Lipinski definition) is 2. The average Bonchev–Trinajstić information content (AvgIpc) is 2.18. The fraction of sp³-hybridized carbons (Fsp3) is 0.250. The van der Waals surface area contributed by atoms with E-state index in [0.29, 0.717) is 12.2 Å². The van der Waals surface area contributed by atoms with Gasteiger partial charge in [0.25, 0.3) is 0 Å². The predicted molar refractivity (Wildman–Crippen MR) is 61.5 cm³/mol. The van der Waals surface area contributed by atoms with Crippen molar-refractivity contribution in [1.29, 1.82) is 0 Å². The van der Waals surface area contributed by atoms with Gasteiger partial charge in [0.1, 0.15) is 0 Å². The molecule has 0 spiro atoms. The van der Waals surface area contributed by atoms with Crippen molar-refractivity contribution in [2.24, 2.45) is 0 Å². The molecule has 0 fully saturated rings. The summed E-state index contributed by atoms with van der Waals surface area (Å²) in [6, 6.07) is 9.84. The molecule has 0 unspecified atom stereocenters. The van der Waals surface area contributed by atoms with E-state index in [1.54, 1.807) is 6.92 Å². The van der Waals surface area contributed by atoms with Crippen LogP contribution in [0.3, 0.4) is 0 Å². The van der Waals surface area contributed by atoms with E-state index in [1.807, 2.05) is 30.3 Å². The van der Waals surface area contributed by atoms with Gasteiger partial charge >= 0.3 is 6.03 Å². The van der Waals surface area contributed by atoms with E-state index < -0.39 is 0 Å². The number of urea groups is 1. The number of carbonyl (C=O) groups excluding carboxylic acids is 1. The van der Waals surface area contributed by atoms with Gasteiger partial charge in [-0.25, -0.2) is 4.79 Å². The molecule has 0 aromatic heterocycles. The Balaban J connectivity index is 2.22. The normalized spacial score (nSPS) is 9.40. The lowest BCUT2D eigenvalue weighted by atomic mass is 10.1. The highest BCUT2D eigenvalue weighted by molar-refractivity contribution is 5.75. The molecule has 0 aliphatic rings. The highest BCUT2D eigenvalue weighted by Crippen LogP contribution is 1.97. The van der Waals surface area contributed by atoms with Crippen LogP contribution in [-0.2, 0) is 6.42 Å². The lowest BCUT2D eigenvalue weighted by molar-refractivity contribution is 0.243. The van der Waals surface area contributed by atoms with Gasteiger partial charge in [0.05, 0.1) is 0 Å². The molecular formula is C12H16N2O. The Morgan fingerprint density at radius 1 is 1.33 bits per heavy atom. The Bertz CT molecular complexity index is 333. The van der Waals surface area contributed by atoms with Gasteiger partial charge in [0.15, 0.2) is 0 Å². The van der Waals surface area contributed by atoms with Crippen molar-refractivity contribution in [2.75, 3.05) is 6.54 Å². The van der Waals surface area contributed by atoms with E-state index in [-0.39, 0.29) is 6.03 Å². The van der Waals surface area contributed by atoms with Crippen LogP contribution in [0.5, 0.6) is 0 Å². The molecule has 80 valence electrons. The van der Waals surface area contributed by atoms with Gasteiger partial charge in [-0.1, -0.05) is 36.9 Å². The quantitative estimate of drug-likeness (QED) is 0.774. The highest BCUT2D eigenvalue weighted by atomic mass is 16.2. The highest BCUT2D eigenvalue weighted by Gasteiger charge is 1.98. The summed E-state index contributed by atoms with van der Waals surface area (Å²) < 4.78 is 0. The molecule has 1 aromatic rings. The second-order valence-electron chi connectivity index (χ2n) is 3.40. The molecule has 0 bridgehead atoms. The summed E-state index contributed by atoms with van der Waals surface area (Å²) in [6.07, 6.45) is 0.838. The molecule has 1 aromatic carbocycles. The number of benzene rings is 1. The summed E-state index contributed by atoms with van der Waals surface area (Å²) in [5.74, 6) is 0. The van der Waals surface area contributed by atoms with Crippen molar-refractivity contribution < 1.29 is 4.79 Å². The lowest BCUT2D eigenvalue weighted by Gasteiger charge is -2.06. The van der Waals surface area contributed by atoms with Crippen LogP contribution in [0.4, 0.5) is 4.79 Å². The van der Waals surface area contributed by atoms with Crippen LogP contribution in [-0.4, -0.2) is 12.6 Å². The van der Waals surface area contributed by atoms with Crippen LogP contribution < -0.4 is 10.6 Å². The van der Waals surface area contributed by atoms with Crippen LogP contribution in [0.2, 0.25) is 0 Å². The zero-order valence-electron chi connectivity index (χ0n) is 8.92. The van der Waals surface area contributed by atoms with Crippen LogP contribution in [0.15, 0.2) is 42.6 Å². The molecule has 0 aliphatic heterocycles. The first-order valence-electron chi connectivity index (χ1n) is 4.93. The third-order valence-corrected chi connectivity index (χ3v) is 1.87. The number of allylic oxidation sites excluding steroid dienone is 1. The van der Waals surface area contributed by atoms with Crippen molar-refractivity contribution in [2.45, 2.75) is 13.3 Å². The number of nitrogens with one attached hydrogen (secondary N) is 2. The van der Waals surface area contributed by atoms with Gasteiger partial charge < -0.3 is 10.6 Å². The SMILES string of the molecule is C=C(C)NC(=O)NCCc1ccccc1. The minimum atomic E-state index is -0.196. The van der Waals surface area contributed by atoms with E-state index in [9.17, 15) is 4.79 Å². The summed E-state index contributed by atoms with van der Waals surface area (Å²) in [6.45, 7) is 5.96. The second-order valence-corrected chi connectivity index (χ2v) is 3.40. The zero-order chi connectivity index (χ0) is 11.1. The molecule has 2 N–H and O–H groups in total. The molecule has 2 amide bonds. The van der Waals surface area contributed by atoms with E-state index >= 15 is 0 Å². The fourth-order valence-corrected chi connectivity index (χ4v) is 1.20. The predicted octanol–water partition coefficient (Wildman–Crippen LogP) is 2.06. The van der Waals surface area contributed by atoms with Gasteiger partial charge in [-0.2, -0.15) is 0 Å². The van der Waals surface area contributed by atoms with Gasteiger partial charge in [-0.3, -0.25) is 0 Å². The Morgan fingerprint density at radius 3 is 2.60 bits per heavy atom. The largest absolute Gasteiger partial charge is 0.338 e. The Hall–Kier alpha value is -1.77. The van der Waals surface area contributed by atoms with Crippen molar-refractivity contribution >= 4 is 6.03 Å². The first kappa shape index (κ1) is 11.3. The van der Waals surface area contributed by atoms with E-state index in [0.717, 1.165) is 6.42 Å². The Labute approximate surface area is 90.2 Å². The van der Waals surface area contributed by atoms with Crippen molar-refractivity contribution in [3.8, 4) is 0 Å². The summed E-state index contributed by atoms with van der Waals surface area (Å²) >= 11 is 0. The Morgan fingerprint density at radius 2 is 2.00 bits per heavy atom. The number of hydrogen-bond acceptors (Lipinski definition) is 1. The van der Waals surface area contributed by atoms with Gasteiger partial charge in [0, 0.05) is 12.2 Å². The molecule has 0 heterocycles.